The van der Waals surface area contributed by atoms with Gasteiger partial charge in [0.15, 0.2) is 0 Å². The third kappa shape index (κ3) is 4.09. The van der Waals surface area contributed by atoms with E-state index in [-0.39, 0.29) is 28.0 Å². The van der Waals surface area contributed by atoms with Gasteiger partial charge in [0.25, 0.3) is 5.56 Å². The number of ether oxygens (including phenoxy) is 1. The van der Waals surface area contributed by atoms with Gasteiger partial charge in [-0.1, -0.05) is 41.9 Å². The van der Waals surface area contributed by atoms with Crippen molar-refractivity contribution >= 4 is 11.6 Å². The summed E-state index contributed by atoms with van der Waals surface area (Å²) in [6.45, 7) is 0.0594. The number of halogens is 5. The van der Waals surface area contributed by atoms with Crippen LogP contribution in [0.4, 0.5) is 17.6 Å². The van der Waals surface area contributed by atoms with E-state index in [1.54, 1.807) is 30.3 Å². The van der Waals surface area contributed by atoms with E-state index < -0.39 is 34.6 Å². The van der Waals surface area contributed by atoms with Crippen LogP contribution in [0.5, 0.6) is 5.75 Å². The number of aromatic nitrogens is 2. The molecule has 10 heteroatoms. The van der Waals surface area contributed by atoms with Crippen LogP contribution >= 0.6 is 11.6 Å². The fourth-order valence-electron chi connectivity index (χ4n) is 2.41. The van der Waals surface area contributed by atoms with E-state index in [4.69, 9.17) is 16.3 Å². The molecule has 3 rings (SSSR count). The lowest BCUT2D eigenvalue weighted by Crippen LogP contribution is -2.36. The first-order chi connectivity index (χ1) is 13.2. The molecule has 0 bridgehead atoms. The molecule has 0 radical (unpaired) electrons. The van der Waals surface area contributed by atoms with E-state index in [0.717, 1.165) is 17.7 Å². The summed E-state index contributed by atoms with van der Waals surface area (Å²) in [6, 6.07) is 10.8. The van der Waals surface area contributed by atoms with Gasteiger partial charge in [0.2, 0.25) is 0 Å². The maximum Gasteiger partial charge on any atom is 0.431 e. The molecule has 0 fully saturated rings. The van der Waals surface area contributed by atoms with Crippen molar-refractivity contribution in [3.05, 3.63) is 91.5 Å². The summed E-state index contributed by atoms with van der Waals surface area (Å²) >= 11 is 5.93. The Hall–Kier alpha value is -3.07. The number of nitrogens with zero attached hydrogens (tertiary/aromatic N) is 1. The number of aromatic amines is 1. The largest absolute Gasteiger partial charge is 0.487 e. The molecular formula is C18H11ClF4N2O3. The van der Waals surface area contributed by atoms with Crippen molar-refractivity contribution < 1.29 is 22.3 Å². The molecule has 0 spiro atoms. The van der Waals surface area contributed by atoms with Gasteiger partial charge >= 0.3 is 11.9 Å². The lowest BCUT2D eigenvalue weighted by molar-refractivity contribution is -0.141. The minimum atomic E-state index is -4.93. The Morgan fingerprint density at radius 1 is 1.07 bits per heavy atom. The maximum absolute atomic E-state index is 14.3. The molecule has 1 N–H and O–H groups in total. The Morgan fingerprint density at radius 3 is 2.36 bits per heavy atom. The minimum Gasteiger partial charge on any atom is -0.487 e. The van der Waals surface area contributed by atoms with Gasteiger partial charge in [-0.3, -0.25) is 4.79 Å². The van der Waals surface area contributed by atoms with Crippen molar-refractivity contribution in [2.45, 2.75) is 12.8 Å². The second-order valence-electron chi connectivity index (χ2n) is 5.67. The lowest BCUT2D eigenvalue weighted by Gasteiger charge is -2.13. The molecule has 146 valence electrons. The van der Waals surface area contributed by atoms with E-state index in [1.807, 2.05) is 0 Å². The van der Waals surface area contributed by atoms with Gasteiger partial charge in [0.1, 0.15) is 23.9 Å². The molecular weight excluding hydrogens is 404 g/mol. The zero-order chi connectivity index (χ0) is 20.5. The minimum absolute atomic E-state index is 0.0480. The van der Waals surface area contributed by atoms with E-state index in [2.05, 4.69) is 0 Å². The van der Waals surface area contributed by atoms with E-state index in [9.17, 15) is 27.2 Å². The maximum atomic E-state index is 14.3. The number of hydrogen-bond acceptors (Lipinski definition) is 3. The molecule has 0 amide bonds. The first-order valence-corrected chi connectivity index (χ1v) is 8.14. The van der Waals surface area contributed by atoms with Gasteiger partial charge < -0.3 is 9.72 Å². The summed E-state index contributed by atoms with van der Waals surface area (Å²) in [5, 5.41) is -0.131. The zero-order valence-corrected chi connectivity index (χ0v) is 14.6. The van der Waals surface area contributed by atoms with Crippen LogP contribution in [0.15, 0.2) is 58.1 Å². The molecule has 1 heterocycles. The number of rotatable bonds is 4. The van der Waals surface area contributed by atoms with Crippen molar-refractivity contribution in [2.24, 2.45) is 0 Å². The smallest absolute Gasteiger partial charge is 0.431 e. The molecule has 0 aliphatic carbocycles. The Balaban J connectivity index is 2.03. The van der Waals surface area contributed by atoms with Gasteiger partial charge in [0.05, 0.1) is 10.7 Å². The third-order valence-corrected chi connectivity index (χ3v) is 4.01. The fraction of sp³-hybridized carbons (Fsp3) is 0.111. The number of nitrogens with one attached hydrogen (secondary N) is 1. The summed E-state index contributed by atoms with van der Waals surface area (Å²) < 4.78 is 58.2. The standard InChI is InChI=1S/C18H11ClF4N2O3/c19-11-6-12(20)13(7-14(11)28-9-10-4-2-1-3-5-10)25-16(26)8-15(18(21,22)23)24-17(25)27/h1-8H,9H2,(H,24,27). The molecule has 2 aromatic carbocycles. The van der Waals surface area contributed by atoms with Crippen LogP contribution < -0.4 is 16.0 Å². The molecule has 1 aromatic heterocycles. The van der Waals surface area contributed by atoms with Crippen LogP contribution in [0, 0.1) is 5.82 Å². The predicted molar refractivity (Wildman–Crippen MR) is 93.4 cm³/mol. The van der Waals surface area contributed by atoms with E-state index >= 15 is 0 Å². The van der Waals surface area contributed by atoms with Crippen LogP contribution in [-0.4, -0.2) is 9.55 Å². The monoisotopic (exact) mass is 414 g/mol. The van der Waals surface area contributed by atoms with Crippen LogP contribution in [-0.2, 0) is 12.8 Å². The summed E-state index contributed by atoms with van der Waals surface area (Å²) in [7, 11) is 0. The van der Waals surface area contributed by atoms with Gasteiger partial charge in [0, 0.05) is 12.1 Å². The average molecular weight is 415 g/mol. The highest BCUT2D eigenvalue weighted by Gasteiger charge is 2.33. The van der Waals surface area contributed by atoms with Gasteiger partial charge in [-0.15, -0.1) is 0 Å². The number of benzene rings is 2. The number of alkyl halides is 3. The second-order valence-corrected chi connectivity index (χ2v) is 6.08. The highest BCUT2D eigenvalue weighted by atomic mass is 35.5. The summed E-state index contributed by atoms with van der Waals surface area (Å²) in [5.41, 5.74) is -4.16. The van der Waals surface area contributed by atoms with Crippen LogP contribution in [0.3, 0.4) is 0 Å². The predicted octanol–water partition coefficient (Wildman–Crippen LogP) is 3.92. The second kappa shape index (κ2) is 7.51. The molecule has 28 heavy (non-hydrogen) atoms. The van der Waals surface area contributed by atoms with Crippen molar-refractivity contribution in [1.29, 1.82) is 0 Å². The molecule has 0 saturated heterocycles. The van der Waals surface area contributed by atoms with Crippen molar-refractivity contribution in [3.63, 3.8) is 0 Å². The highest BCUT2D eigenvalue weighted by Crippen LogP contribution is 2.30. The van der Waals surface area contributed by atoms with Crippen molar-refractivity contribution in [3.8, 4) is 11.4 Å². The Labute approximate surface area is 159 Å². The first-order valence-electron chi connectivity index (χ1n) is 7.76. The molecule has 0 aliphatic rings. The highest BCUT2D eigenvalue weighted by molar-refractivity contribution is 6.32. The number of H-pyrrole nitrogens is 1. The van der Waals surface area contributed by atoms with E-state index in [1.165, 1.54) is 4.98 Å². The molecule has 0 saturated carbocycles. The third-order valence-electron chi connectivity index (χ3n) is 3.72. The molecule has 5 nitrogen and oxygen atoms in total. The Bertz CT molecular complexity index is 1090. The van der Waals surface area contributed by atoms with Crippen LogP contribution in [0.1, 0.15) is 11.3 Å². The molecule has 0 unspecified atom stereocenters. The normalized spacial score (nSPS) is 11.5. The van der Waals surface area contributed by atoms with Crippen molar-refractivity contribution in [2.75, 3.05) is 0 Å². The van der Waals surface area contributed by atoms with Crippen LogP contribution in [0.2, 0.25) is 5.02 Å². The topological polar surface area (TPSA) is 64.1 Å². The molecule has 3 aromatic rings. The molecule has 0 atom stereocenters. The SMILES string of the molecule is O=c1cc(C(F)(F)F)[nH]c(=O)n1-c1cc(OCc2ccccc2)c(Cl)cc1F. The van der Waals surface area contributed by atoms with Gasteiger partial charge in [-0.25, -0.2) is 13.8 Å². The Kier molecular flexibility index (Phi) is 5.28. The van der Waals surface area contributed by atoms with Gasteiger partial charge in [-0.05, 0) is 11.6 Å². The zero-order valence-electron chi connectivity index (χ0n) is 13.9. The lowest BCUT2D eigenvalue weighted by atomic mass is 10.2. The Morgan fingerprint density at radius 2 is 1.75 bits per heavy atom. The average Bonchev–Trinajstić information content (AvgIpc) is 2.62. The quantitative estimate of drug-likeness (QED) is 0.658. The number of hydrogen-bond donors (Lipinski definition) is 1. The molecule has 0 aliphatic heterocycles. The van der Waals surface area contributed by atoms with Crippen LogP contribution in [0.25, 0.3) is 5.69 Å². The van der Waals surface area contributed by atoms with Gasteiger partial charge in [-0.2, -0.15) is 13.2 Å². The van der Waals surface area contributed by atoms with Crippen molar-refractivity contribution in [1.82, 2.24) is 9.55 Å². The fourth-order valence-corrected chi connectivity index (χ4v) is 2.62. The van der Waals surface area contributed by atoms with E-state index in [0.29, 0.717) is 0 Å². The summed E-state index contributed by atoms with van der Waals surface area (Å²) in [6.07, 6.45) is -4.93. The summed E-state index contributed by atoms with van der Waals surface area (Å²) in [5.74, 6) is -1.13. The first kappa shape index (κ1) is 19.7. The summed E-state index contributed by atoms with van der Waals surface area (Å²) in [4.78, 5) is 25.6.